The van der Waals surface area contributed by atoms with Crippen molar-refractivity contribution in [2.24, 2.45) is 0 Å². The van der Waals surface area contributed by atoms with Crippen molar-refractivity contribution < 1.29 is 4.52 Å². The SMILES string of the molecule is CSc1cc(-c2ccc3ccccc3c2)no1. The van der Waals surface area contributed by atoms with E-state index in [0.717, 1.165) is 16.3 Å². The molecule has 17 heavy (non-hydrogen) atoms. The number of hydrogen-bond acceptors (Lipinski definition) is 3. The summed E-state index contributed by atoms with van der Waals surface area (Å²) in [5.74, 6) is 0. The van der Waals surface area contributed by atoms with Gasteiger partial charge in [0.15, 0.2) is 5.09 Å². The van der Waals surface area contributed by atoms with Crippen LogP contribution in [0, 0.1) is 0 Å². The minimum Gasteiger partial charge on any atom is -0.349 e. The lowest BCUT2D eigenvalue weighted by Crippen LogP contribution is -1.78. The van der Waals surface area contributed by atoms with Gasteiger partial charge in [-0.05, 0) is 23.1 Å². The highest BCUT2D eigenvalue weighted by Crippen LogP contribution is 2.26. The van der Waals surface area contributed by atoms with Crippen molar-refractivity contribution in [1.82, 2.24) is 5.16 Å². The number of benzene rings is 2. The first-order valence-electron chi connectivity index (χ1n) is 5.37. The molecule has 0 bridgehead atoms. The smallest absolute Gasteiger partial charge is 0.193 e. The average molecular weight is 241 g/mol. The maximum atomic E-state index is 5.19. The Morgan fingerprint density at radius 1 is 1.00 bits per heavy atom. The van der Waals surface area contributed by atoms with Gasteiger partial charge in [0.05, 0.1) is 0 Å². The second kappa shape index (κ2) is 4.26. The van der Waals surface area contributed by atoms with Crippen LogP contribution in [0.4, 0.5) is 0 Å². The summed E-state index contributed by atoms with van der Waals surface area (Å²) in [6.45, 7) is 0. The van der Waals surface area contributed by atoms with Crippen LogP contribution >= 0.6 is 11.8 Å². The van der Waals surface area contributed by atoms with Gasteiger partial charge >= 0.3 is 0 Å². The van der Waals surface area contributed by atoms with E-state index in [0.29, 0.717) is 0 Å². The minimum atomic E-state index is 0.841. The van der Waals surface area contributed by atoms with Crippen molar-refractivity contribution in [3.8, 4) is 11.3 Å². The van der Waals surface area contributed by atoms with Gasteiger partial charge in [-0.3, -0.25) is 0 Å². The predicted molar refractivity (Wildman–Crippen MR) is 71.2 cm³/mol. The molecule has 0 atom stereocenters. The van der Waals surface area contributed by atoms with Crippen LogP contribution in [-0.2, 0) is 0 Å². The highest BCUT2D eigenvalue weighted by Gasteiger charge is 2.06. The number of fused-ring (bicyclic) bond motifs is 1. The molecule has 0 amide bonds. The third-order valence-corrected chi connectivity index (χ3v) is 3.33. The van der Waals surface area contributed by atoms with E-state index < -0.39 is 0 Å². The van der Waals surface area contributed by atoms with Crippen molar-refractivity contribution in [3.63, 3.8) is 0 Å². The summed E-state index contributed by atoms with van der Waals surface area (Å²) in [5.41, 5.74) is 1.98. The summed E-state index contributed by atoms with van der Waals surface area (Å²) in [4.78, 5) is 0. The zero-order chi connectivity index (χ0) is 11.7. The molecule has 0 aliphatic carbocycles. The lowest BCUT2D eigenvalue weighted by atomic mass is 10.1. The average Bonchev–Trinajstić information content (AvgIpc) is 2.87. The number of aromatic nitrogens is 1. The lowest BCUT2D eigenvalue weighted by Gasteiger charge is -1.99. The molecule has 0 radical (unpaired) electrons. The van der Waals surface area contributed by atoms with Gasteiger partial charge in [-0.1, -0.05) is 53.3 Å². The largest absolute Gasteiger partial charge is 0.349 e. The van der Waals surface area contributed by atoms with Crippen LogP contribution in [-0.4, -0.2) is 11.4 Å². The van der Waals surface area contributed by atoms with Gasteiger partial charge in [0, 0.05) is 11.6 Å². The Hall–Kier alpha value is -1.74. The molecule has 1 aromatic heterocycles. The molecule has 0 N–H and O–H groups in total. The van der Waals surface area contributed by atoms with Crippen LogP contribution in [0.25, 0.3) is 22.0 Å². The molecular weight excluding hydrogens is 230 g/mol. The van der Waals surface area contributed by atoms with Gasteiger partial charge < -0.3 is 4.52 Å². The van der Waals surface area contributed by atoms with Crippen LogP contribution < -0.4 is 0 Å². The van der Waals surface area contributed by atoms with Gasteiger partial charge in [-0.2, -0.15) is 0 Å². The Kier molecular flexibility index (Phi) is 2.61. The van der Waals surface area contributed by atoms with E-state index in [4.69, 9.17) is 4.52 Å². The number of rotatable bonds is 2. The zero-order valence-corrected chi connectivity index (χ0v) is 10.2. The molecule has 0 unspecified atom stereocenters. The Morgan fingerprint density at radius 3 is 2.59 bits per heavy atom. The first-order chi connectivity index (χ1) is 8.36. The standard InChI is InChI=1S/C14H11NOS/c1-17-14-9-13(15-16-14)12-7-6-10-4-2-3-5-11(10)8-12/h2-9H,1H3. The van der Waals surface area contributed by atoms with Crippen LogP contribution in [0.2, 0.25) is 0 Å². The van der Waals surface area contributed by atoms with Gasteiger partial charge in [0.2, 0.25) is 0 Å². The fourth-order valence-corrected chi connectivity index (χ4v) is 2.18. The molecule has 2 aromatic carbocycles. The second-order valence-electron chi connectivity index (χ2n) is 3.80. The van der Waals surface area contributed by atoms with Crippen molar-refractivity contribution in [2.75, 3.05) is 6.26 Å². The number of nitrogens with zero attached hydrogens (tertiary/aromatic N) is 1. The predicted octanol–water partition coefficient (Wildman–Crippen LogP) is 4.22. The molecule has 0 fully saturated rings. The topological polar surface area (TPSA) is 26.0 Å². The van der Waals surface area contributed by atoms with Crippen molar-refractivity contribution in [2.45, 2.75) is 5.09 Å². The molecule has 0 saturated carbocycles. The molecule has 0 saturated heterocycles. The number of hydrogen-bond donors (Lipinski definition) is 0. The lowest BCUT2D eigenvalue weighted by molar-refractivity contribution is 0.352. The summed E-state index contributed by atoms with van der Waals surface area (Å²) in [7, 11) is 0. The molecule has 84 valence electrons. The molecule has 0 aliphatic rings. The van der Waals surface area contributed by atoms with Crippen LogP contribution in [0.5, 0.6) is 0 Å². The molecular formula is C14H11NOS. The Labute approximate surface area is 104 Å². The highest BCUT2D eigenvalue weighted by molar-refractivity contribution is 7.98. The molecule has 3 aromatic rings. The Morgan fingerprint density at radius 2 is 1.82 bits per heavy atom. The van der Waals surface area contributed by atoms with Gasteiger partial charge in [-0.15, -0.1) is 0 Å². The van der Waals surface area contributed by atoms with Crippen molar-refractivity contribution >= 4 is 22.5 Å². The van der Waals surface area contributed by atoms with Crippen LogP contribution in [0.15, 0.2) is 58.1 Å². The van der Waals surface area contributed by atoms with Gasteiger partial charge in [0.25, 0.3) is 0 Å². The Balaban J connectivity index is 2.11. The molecule has 1 heterocycles. The molecule has 2 nitrogen and oxygen atoms in total. The highest BCUT2D eigenvalue weighted by atomic mass is 32.2. The van der Waals surface area contributed by atoms with E-state index in [2.05, 4.69) is 35.5 Å². The second-order valence-corrected chi connectivity index (χ2v) is 4.61. The van der Waals surface area contributed by atoms with E-state index in [1.165, 1.54) is 10.8 Å². The molecule has 3 rings (SSSR count). The summed E-state index contributed by atoms with van der Waals surface area (Å²) < 4.78 is 5.19. The van der Waals surface area contributed by atoms with Gasteiger partial charge in [0.1, 0.15) is 5.69 Å². The molecule has 0 aliphatic heterocycles. The third-order valence-electron chi connectivity index (χ3n) is 2.73. The minimum absolute atomic E-state index is 0.841. The van der Waals surface area contributed by atoms with Crippen LogP contribution in [0.3, 0.4) is 0 Å². The number of thioether (sulfide) groups is 1. The van der Waals surface area contributed by atoms with Gasteiger partial charge in [-0.25, -0.2) is 0 Å². The van der Waals surface area contributed by atoms with E-state index in [9.17, 15) is 0 Å². The summed E-state index contributed by atoms with van der Waals surface area (Å²) >= 11 is 1.56. The zero-order valence-electron chi connectivity index (χ0n) is 9.38. The molecule has 3 heteroatoms. The normalized spacial score (nSPS) is 10.9. The van der Waals surface area contributed by atoms with Crippen LogP contribution in [0.1, 0.15) is 0 Å². The maximum Gasteiger partial charge on any atom is 0.193 e. The first kappa shape index (κ1) is 10.4. The Bertz CT molecular complexity index is 660. The summed E-state index contributed by atoms with van der Waals surface area (Å²) in [6, 6.07) is 16.6. The van der Waals surface area contributed by atoms with Crippen molar-refractivity contribution in [3.05, 3.63) is 48.5 Å². The van der Waals surface area contributed by atoms with E-state index >= 15 is 0 Å². The quantitative estimate of drug-likeness (QED) is 0.628. The maximum absolute atomic E-state index is 5.19. The molecule has 0 spiro atoms. The fraction of sp³-hybridized carbons (Fsp3) is 0.0714. The first-order valence-corrected chi connectivity index (χ1v) is 6.59. The monoisotopic (exact) mass is 241 g/mol. The third kappa shape index (κ3) is 1.94. The fourth-order valence-electron chi connectivity index (χ4n) is 1.84. The summed E-state index contributed by atoms with van der Waals surface area (Å²) in [6.07, 6.45) is 1.98. The van der Waals surface area contributed by atoms with E-state index in [-0.39, 0.29) is 0 Å². The summed E-state index contributed by atoms with van der Waals surface area (Å²) in [5, 5.41) is 7.37. The van der Waals surface area contributed by atoms with E-state index in [1.54, 1.807) is 11.8 Å². The van der Waals surface area contributed by atoms with Crippen molar-refractivity contribution in [1.29, 1.82) is 0 Å². The van der Waals surface area contributed by atoms with E-state index in [1.807, 2.05) is 24.5 Å².